The summed E-state index contributed by atoms with van der Waals surface area (Å²) >= 11 is 0. The van der Waals surface area contributed by atoms with E-state index >= 15 is 0 Å². The zero-order chi connectivity index (χ0) is 33.1. The standard InChI is InChI=1S/2C20H40O2/c1-4-22-20(21)18-16-14-12-10-8-6-5-7-9-11-13-15-17-19(2)3;1-4-19(20(21)22)17-15-13-11-9-7-5-6-8-10-12-14-16-18(2)3/h19H,4-18H2,1-3H3;18-19H,4-17H2,1-3H3,(H,21,22). The second-order valence-corrected chi connectivity index (χ2v) is 14.3. The van der Waals surface area contributed by atoms with E-state index in [1.807, 2.05) is 13.8 Å². The molecule has 0 radical (unpaired) electrons. The molecule has 0 heterocycles. The maximum atomic E-state index is 11.2. The average molecular weight is 625 g/mol. The van der Waals surface area contributed by atoms with Gasteiger partial charge in [0.25, 0.3) is 0 Å². The molecular formula is C40H80O4. The fourth-order valence-corrected chi connectivity index (χ4v) is 5.86. The summed E-state index contributed by atoms with van der Waals surface area (Å²) in [4.78, 5) is 22.1. The first-order valence-corrected chi connectivity index (χ1v) is 19.6. The van der Waals surface area contributed by atoms with Crippen LogP contribution in [-0.4, -0.2) is 23.7 Å². The SMILES string of the molecule is CCC(CCCCCCCCCCCCCC(C)C)C(=O)O.CCOC(=O)CCCCCCCCCCCCCCC(C)C. The number of hydrogen-bond donors (Lipinski definition) is 1. The van der Waals surface area contributed by atoms with Crippen LogP contribution < -0.4 is 0 Å². The molecule has 0 saturated heterocycles. The molecule has 0 amide bonds. The Labute approximate surface area is 276 Å². The highest BCUT2D eigenvalue weighted by Gasteiger charge is 2.13. The molecule has 1 atom stereocenters. The summed E-state index contributed by atoms with van der Waals surface area (Å²) in [6, 6.07) is 0. The summed E-state index contributed by atoms with van der Waals surface area (Å²) in [6.07, 6.45) is 35.8. The number of hydrogen-bond acceptors (Lipinski definition) is 3. The quantitative estimate of drug-likeness (QED) is 0.0597. The molecule has 0 fully saturated rings. The van der Waals surface area contributed by atoms with Crippen LogP contribution in [0.3, 0.4) is 0 Å². The highest BCUT2D eigenvalue weighted by Crippen LogP contribution is 2.17. The number of carbonyl (C=O) groups is 2. The van der Waals surface area contributed by atoms with Gasteiger partial charge in [-0.1, -0.05) is 189 Å². The Kier molecular flexibility index (Phi) is 37.3. The van der Waals surface area contributed by atoms with Crippen molar-refractivity contribution in [1.82, 2.24) is 0 Å². The molecule has 4 heteroatoms. The minimum atomic E-state index is -0.615. The zero-order valence-electron chi connectivity index (χ0n) is 30.9. The molecule has 0 aliphatic carbocycles. The summed E-state index contributed by atoms with van der Waals surface area (Å²) in [5.41, 5.74) is 0. The minimum absolute atomic E-state index is 0.0316. The van der Waals surface area contributed by atoms with E-state index in [1.54, 1.807) is 0 Å². The zero-order valence-corrected chi connectivity index (χ0v) is 30.9. The van der Waals surface area contributed by atoms with Gasteiger partial charge >= 0.3 is 11.9 Å². The topological polar surface area (TPSA) is 63.6 Å². The first-order chi connectivity index (χ1) is 21.2. The number of aliphatic carboxylic acids is 1. The van der Waals surface area contributed by atoms with Gasteiger partial charge in [0.05, 0.1) is 12.5 Å². The Morgan fingerprint density at radius 2 is 0.773 bits per heavy atom. The smallest absolute Gasteiger partial charge is 0.306 e. The Morgan fingerprint density at radius 3 is 1.05 bits per heavy atom. The molecule has 1 unspecified atom stereocenters. The van der Waals surface area contributed by atoms with E-state index in [0.29, 0.717) is 13.0 Å². The van der Waals surface area contributed by atoms with Gasteiger partial charge in [-0.25, -0.2) is 0 Å². The number of carboxylic acids is 1. The van der Waals surface area contributed by atoms with Gasteiger partial charge in [0.2, 0.25) is 0 Å². The fraction of sp³-hybridized carbons (Fsp3) is 0.950. The lowest BCUT2D eigenvalue weighted by molar-refractivity contribution is -0.143. The van der Waals surface area contributed by atoms with Crippen LogP contribution >= 0.6 is 0 Å². The second-order valence-electron chi connectivity index (χ2n) is 14.3. The molecule has 0 aromatic carbocycles. The Hall–Kier alpha value is -1.06. The van der Waals surface area contributed by atoms with E-state index in [1.165, 1.54) is 148 Å². The van der Waals surface area contributed by atoms with Crippen molar-refractivity contribution in [2.75, 3.05) is 6.61 Å². The molecule has 0 aromatic heterocycles. The molecule has 264 valence electrons. The van der Waals surface area contributed by atoms with Gasteiger partial charge in [-0.3, -0.25) is 9.59 Å². The van der Waals surface area contributed by atoms with Gasteiger partial charge in [0.15, 0.2) is 0 Å². The molecule has 0 aromatic rings. The van der Waals surface area contributed by atoms with Crippen LogP contribution in [0.15, 0.2) is 0 Å². The summed E-state index contributed by atoms with van der Waals surface area (Å²) in [5.74, 6) is 0.975. The molecule has 0 spiro atoms. The summed E-state index contributed by atoms with van der Waals surface area (Å²) in [5, 5.41) is 8.98. The third kappa shape index (κ3) is 39.0. The number of unbranched alkanes of at least 4 members (excludes halogenated alkanes) is 21. The van der Waals surface area contributed by atoms with Gasteiger partial charge in [-0.15, -0.1) is 0 Å². The lowest BCUT2D eigenvalue weighted by Gasteiger charge is -2.08. The van der Waals surface area contributed by atoms with Crippen LogP contribution in [0.5, 0.6) is 0 Å². The number of carboxylic acid groups (broad SMARTS) is 1. The van der Waals surface area contributed by atoms with Crippen molar-refractivity contribution in [1.29, 1.82) is 0 Å². The molecule has 44 heavy (non-hydrogen) atoms. The molecular weight excluding hydrogens is 544 g/mol. The van der Waals surface area contributed by atoms with Crippen LogP contribution in [0.2, 0.25) is 0 Å². The van der Waals surface area contributed by atoms with Gasteiger partial charge in [-0.05, 0) is 38.0 Å². The van der Waals surface area contributed by atoms with E-state index in [4.69, 9.17) is 9.84 Å². The predicted octanol–water partition coefficient (Wildman–Crippen LogP) is 13.5. The highest BCUT2D eigenvalue weighted by molar-refractivity contribution is 5.69. The molecule has 0 saturated carbocycles. The van der Waals surface area contributed by atoms with Crippen LogP contribution in [-0.2, 0) is 14.3 Å². The van der Waals surface area contributed by atoms with Crippen molar-refractivity contribution >= 4 is 11.9 Å². The summed E-state index contributed by atoms with van der Waals surface area (Å²) in [6.45, 7) is 13.6. The Bertz CT molecular complexity index is 584. The molecule has 4 nitrogen and oxygen atoms in total. The van der Waals surface area contributed by atoms with Gasteiger partial charge < -0.3 is 9.84 Å². The van der Waals surface area contributed by atoms with Crippen LogP contribution in [0.1, 0.15) is 221 Å². The third-order valence-electron chi connectivity index (χ3n) is 8.89. The first kappa shape index (κ1) is 45.1. The van der Waals surface area contributed by atoms with Gasteiger partial charge in [-0.2, -0.15) is 0 Å². The van der Waals surface area contributed by atoms with E-state index < -0.39 is 5.97 Å². The predicted molar refractivity (Wildman–Crippen MR) is 192 cm³/mol. The van der Waals surface area contributed by atoms with E-state index in [-0.39, 0.29) is 11.9 Å². The number of esters is 1. The fourth-order valence-electron chi connectivity index (χ4n) is 5.86. The lowest BCUT2D eigenvalue weighted by Crippen LogP contribution is -2.12. The molecule has 0 aliphatic rings. The van der Waals surface area contributed by atoms with Gasteiger partial charge in [0, 0.05) is 6.42 Å². The monoisotopic (exact) mass is 625 g/mol. The second kappa shape index (κ2) is 36.4. The minimum Gasteiger partial charge on any atom is -0.481 e. The normalized spacial score (nSPS) is 11.9. The van der Waals surface area contributed by atoms with Crippen LogP contribution in [0, 0.1) is 17.8 Å². The Balaban J connectivity index is 0. The number of ether oxygens (including phenoxy) is 1. The van der Waals surface area contributed by atoms with Crippen molar-refractivity contribution in [2.45, 2.75) is 221 Å². The van der Waals surface area contributed by atoms with E-state index in [9.17, 15) is 9.59 Å². The number of rotatable bonds is 32. The number of carbonyl (C=O) groups excluding carboxylic acids is 1. The van der Waals surface area contributed by atoms with E-state index in [2.05, 4.69) is 27.7 Å². The molecule has 1 N–H and O–H groups in total. The molecule has 0 rings (SSSR count). The maximum absolute atomic E-state index is 11.2. The lowest BCUT2D eigenvalue weighted by atomic mass is 9.98. The third-order valence-corrected chi connectivity index (χ3v) is 8.89. The van der Waals surface area contributed by atoms with Crippen LogP contribution in [0.4, 0.5) is 0 Å². The Morgan fingerprint density at radius 1 is 0.477 bits per heavy atom. The maximum Gasteiger partial charge on any atom is 0.306 e. The highest BCUT2D eigenvalue weighted by atomic mass is 16.5. The van der Waals surface area contributed by atoms with Crippen molar-refractivity contribution in [3.63, 3.8) is 0 Å². The van der Waals surface area contributed by atoms with Crippen LogP contribution in [0.25, 0.3) is 0 Å². The molecule has 0 aliphatic heterocycles. The molecule has 0 bridgehead atoms. The largest absolute Gasteiger partial charge is 0.481 e. The van der Waals surface area contributed by atoms with E-state index in [0.717, 1.165) is 37.5 Å². The van der Waals surface area contributed by atoms with Crippen molar-refractivity contribution in [3.8, 4) is 0 Å². The average Bonchev–Trinajstić information content (AvgIpc) is 2.97. The van der Waals surface area contributed by atoms with Crippen molar-refractivity contribution in [2.24, 2.45) is 17.8 Å². The van der Waals surface area contributed by atoms with Crippen molar-refractivity contribution in [3.05, 3.63) is 0 Å². The first-order valence-electron chi connectivity index (χ1n) is 19.6. The van der Waals surface area contributed by atoms with Gasteiger partial charge in [0.1, 0.15) is 0 Å². The van der Waals surface area contributed by atoms with Crippen molar-refractivity contribution < 1.29 is 19.4 Å². The summed E-state index contributed by atoms with van der Waals surface area (Å²) < 4.78 is 4.92. The summed E-state index contributed by atoms with van der Waals surface area (Å²) in [7, 11) is 0.